The summed E-state index contributed by atoms with van der Waals surface area (Å²) in [5, 5.41) is 3.10. The maximum atomic E-state index is 13.9. The van der Waals surface area contributed by atoms with E-state index in [-0.39, 0.29) is 29.7 Å². The Bertz CT molecular complexity index is 967. The summed E-state index contributed by atoms with van der Waals surface area (Å²) in [5.41, 5.74) is 3.96. The average Bonchev–Trinajstić information content (AvgIpc) is 2.76. The summed E-state index contributed by atoms with van der Waals surface area (Å²) < 4.78 is 0. The quantitative estimate of drug-likeness (QED) is 0.466. The van der Waals surface area contributed by atoms with E-state index >= 15 is 0 Å². The lowest BCUT2D eigenvalue weighted by molar-refractivity contribution is -0.136. The van der Waals surface area contributed by atoms with Crippen LogP contribution < -0.4 is 10.2 Å². The summed E-state index contributed by atoms with van der Waals surface area (Å²) in [5.74, 6) is 0.539. The van der Waals surface area contributed by atoms with E-state index in [9.17, 15) is 9.59 Å². The molecule has 34 heavy (non-hydrogen) atoms. The van der Waals surface area contributed by atoms with E-state index in [1.807, 2.05) is 67.5 Å². The van der Waals surface area contributed by atoms with Crippen molar-refractivity contribution in [1.29, 1.82) is 0 Å². The van der Waals surface area contributed by atoms with Gasteiger partial charge in [-0.25, -0.2) is 0 Å². The Labute approximate surface area is 205 Å². The topological polar surface area (TPSA) is 52.7 Å². The number of benzene rings is 2. The number of nitrogens with zero attached hydrogens (tertiary/aromatic N) is 2. The molecule has 0 heterocycles. The second kappa shape index (κ2) is 11.5. The van der Waals surface area contributed by atoms with E-state index < -0.39 is 0 Å². The summed E-state index contributed by atoms with van der Waals surface area (Å²) in [6.45, 7) is 9.04. The first-order valence-corrected chi connectivity index (χ1v) is 12.7. The van der Waals surface area contributed by atoms with E-state index in [0.29, 0.717) is 12.5 Å². The van der Waals surface area contributed by atoms with E-state index in [0.717, 1.165) is 48.2 Å². The number of rotatable bonds is 10. The van der Waals surface area contributed by atoms with Crippen molar-refractivity contribution in [2.45, 2.75) is 71.9 Å². The van der Waals surface area contributed by atoms with Crippen LogP contribution in [0.3, 0.4) is 0 Å². The normalized spacial score (nSPS) is 15.4. The highest BCUT2D eigenvalue weighted by Crippen LogP contribution is 2.31. The molecule has 0 aromatic heterocycles. The third kappa shape index (κ3) is 5.99. The van der Waals surface area contributed by atoms with Crippen molar-refractivity contribution in [3.05, 3.63) is 59.7 Å². The fourth-order valence-corrected chi connectivity index (χ4v) is 4.55. The maximum absolute atomic E-state index is 13.9. The number of nitrogens with one attached hydrogen (secondary N) is 1. The molecular weight excluding hydrogens is 422 g/mol. The minimum Gasteiger partial charge on any atom is -0.377 e. The molecule has 1 N–H and O–H groups in total. The lowest BCUT2D eigenvalue weighted by Crippen LogP contribution is -2.43. The van der Waals surface area contributed by atoms with Crippen LogP contribution in [-0.2, 0) is 16.1 Å². The number of anilines is 2. The lowest BCUT2D eigenvalue weighted by atomic mass is 9.85. The Morgan fingerprint density at radius 1 is 1.03 bits per heavy atom. The molecule has 2 atom stereocenters. The molecule has 1 saturated carbocycles. The minimum absolute atomic E-state index is 0.0773. The number of carbonyl (C=O) groups is 2. The highest BCUT2D eigenvalue weighted by Gasteiger charge is 2.30. The molecule has 2 aromatic rings. The molecule has 1 aliphatic carbocycles. The second-order valence-electron chi connectivity index (χ2n) is 10.2. The minimum atomic E-state index is -0.174. The first-order valence-electron chi connectivity index (χ1n) is 12.7. The Balaban J connectivity index is 1.93. The van der Waals surface area contributed by atoms with Crippen LogP contribution in [0, 0.1) is 11.8 Å². The van der Waals surface area contributed by atoms with Gasteiger partial charge < -0.3 is 15.1 Å². The largest absolute Gasteiger partial charge is 0.377 e. The van der Waals surface area contributed by atoms with Crippen molar-refractivity contribution in [3.63, 3.8) is 0 Å². The lowest BCUT2D eigenvalue weighted by Gasteiger charge is -2.36. The van der Waals surface area contributed by atoms with Crippen LogP contribution in [0.25, 0.3) is 0 Å². The van der Waals surface area contributed by atoms with Crippen molar-refractivity contribution < 1.29 is 9.59 Å². The molecule has 5 nitrogen and oxygen atoms in total. The highest BCUT2D eigenvalue weighted by molar-refractivity contribution is 5.93. The van der Waals surface area contributed by atoms with E-state index in [1.165, 1.54) is 0 Å². The van der Waals surface area contributed by atoms with Gasteiger partial charge in [-0.1, -0.05) is 57.5 Å². The van der Waals surface area contributed by atoms with Crippen LogP contribution >= 0.6 is 0 Å². The van der Waals surface area contributed by atoms with Gasteiger partial charge in [0.1, 0.15) is 0 Å². The molecule has 184 valence electrons. The molecule has 0 saturated heterocycles. The first kappa shape index (κ1) is 25.8. The van der Waals surface area contributed by atoms with E-state index in [1.54, 1.807) is 0 Å². The third-order valence-corrected chi connectivity index (χ3v) is 7.29. The zero-order valence-corrected chi connectivity index (χ0v) is 21.7. The van der Waals surface area contributed by atoms with Gasteiger partial charge in [-0.15, -0.1) is 0 Å². The fourth-order valence-electron chi connectivity index (χ4n) is 4.55. The molecule has 2 amide bonds. The Kier molecular flexibility index (Phi) is 8.76. The summed E-state index contributed by atoms with van der Waals surface area (Å²) >= 11 is 0. The van der Waals surface area contributed by atoms with Gasteiger partial charge in [0.15, 0.2) is 0 Å². The molecule has 2 aromatic carbocycles. The summed E-state index contributed by atoms with van der Waals surface area (Å²) in [7, 11) is 4.03. The molecule has 0 radical (unpaired) electrons. The summed E-state index contributed by atoms with van der Waals surface area (Å²) in [6.07, 6.45) is 3.83. The Hall–Kier alpha value is -2.82. The number of hydrogen-bond acceptors (Lipinski definition) is 3. The predicted molar refractivity (Wildman–Crippen MR) is 141 cm³/mol. The van der Waals surface area contributed by atoms with Crippen LogP contribution in [0.5, 0.6) is 0 Å². The Morgan fingerprint density at radius 3 is 2.24 bits per heavy atom. The van der Waals surface area contributed by atoms with Crippen LogP contribution in [0.1, 0.15) is 70.4 Å². The third-order valence-electron chi connectivity index (χ3n) is 7.29. The van der Waals surface area contributed by atoms with E-state index in [2.05, 4.69) is 37.9 Å². The van der Waals surface area contributed by atoms with Crippen molar-refractivity contribution in [1.82, 2.24) is 4.90 Å². The van der Waals surface area contributed by atoms with Gasteiger partial charge >= 0.3 is 0 Å². The van der Waals surface area contributed by atoms with Gasteiger partial charge in [-0.2, -0.15) is 0 Å². The van der Waals surface area contributed by atoms with Gasteiger partial charge in [-0.05, 0) is 61.4 Å². The molecule has 2 unspecified atom stereocenters. The summed E-state index contributed by atoms with van der Waals surface area (Å²) in [4.78, 5) is 30.6. The molecule has 3 rings (SSSR count). The zero-order valence-electron chi connectivity index (χ0n) is 21.7. The molecule has 1 fully saturated rings. The first-order chi connectivity index (χ1) is 16.2. The van der Waals surface area contributed by atoms with E-state index in [4.69, 9.17) is 0 Å². The van der Waals surface area contributed by atoms with Crippen LogP contribution in [-0.4, -0.2) is 36.9 Å². The van der Waals surface area contributed by atoms with Gasteiger partial charge in [0.05, 0.1) is 5.92 Å². The SMILES string of the molecule is CCC(C(=O)N(Cc1cc(NC(=O)C2CCC2)ccc1N(C)C)C(C)C(C)C)c1ccccc1. The Morgan fingerprint density at radius 2 is 1.71 bits per heavy atom. The monoisotopic (exact) mass is 463 g/mol. The second-order valence-corrected chi connectivity index (χ2v) is 10.2. The molecule has 0 spiro atoms. The van der Waals surface area contributed by atoms with Gasteiger partial charge in [-0.3, -0.25) is 9.59 Å². The molecular formula is C29H41N3O2. The van der Waals surface area contributed by atoms with Crippen LogP contribution in [0.2, 0.25) is 0 Å². The molecule has 0 aliphatic heterocycles. The number of carbonyl (C=O) groups excluding carboxylic acids is 2. The predicted octanol–water partition coefficient (Wildman–Crippen LogP) is 6.06. The zero-order chi connectivity index (χ0) is 24.8. The standard InChI is InChI=1S/C29H41N3O2/c1-7-26(22-12-9-8-10-13-22)29(34)32(21(4)20(2)3)19-24-18-25(16-17-27(24)31(5)6)30-28(33)23-14-11-15-23/h8-10,12-13,16-18,20-21,23,26H,7,11,14-15,19H2,1-6H3,(H,30,33). The average molecular weight is 464 g/mol. The smallest absolute Gasteiger partial charge is 0.230 e. The molecule has 1 aliphatic rings. The van der Waals surface area contributed by atoms with Crippen LogP contribution in [0.4, 0.5) is 11.4 Å². The maximum Gasteiger partial charge on any atom is 0.230 e. The van der Waals surface area contributed by atoms with Gasteiger partial charge in [0.2, 0.25) is 11.8 Å². The van der Waals surface area contributed by atoms with Gasteiger partial charge in [0.25, 0.3) is 0 Å². The number of amides is 2. The molecule has 0 bridgehead atoms. The van der Waals surface area contributed by atoms with Crippen molar-refractivity contribution in [2.75, 3.05) is 24.3 Å². The fraction of sp³-hybridized carbons (Fsp3) is 0.517. The van der Waals surface area contributed by atoms with Crippen molar-refractivity contribution in [2.24, 2.45) is 11.8 Å². The van der Waals surface area contributed by atoms with Crippen molar-refractivity contribution in [3.8, 4) is 0 Å². The van der Waals surface area contributed by atoms with Gasteiger partial charge in [0, 0.05) is 44.0 Å². The summed E-state index contributed by atoms with van der Waals surface area (Å²) in [6, 6.07) is 16.2. The number of hydrogen-bond donors (Lipinski definition) is 1. The van der Waals surface area contributed by atoms with Crippen LogP contribution in [0.15, 0.2) is 48.5 Å². The van der Waals surface area contributed by atoms with Crippen molar-refractivity contribution >= 4 is 23.2 Å². The molecule has 5 heteroatoms. The highest BCUT2D eigenvalue weighted by atomic mass is 16.2.